The molecule has 0 spiro atoms. The number of hydrogen-bond acceptors (Lipinski definition) is 5. The van der Waals surface area contributed by atoms with Gasteiger partial charge in [0.15, 0.2) is 5.78 Å². The number of Topliss-reactive ketones (excluding diaryl/α,β-unsaturated/α-hetero) is 1. The van der Waals surface area contributed by atoms with E-state index >= 15 is 0 Å². The van der Waals surface area contributed by atoms with Crippen LogP contribution in [0.3, 0.4) is 0 Å². The Kier molecular flexibility index (Phi) is 5.16. The molecule has 1 aromatic heterocycles. The van der Waals surface area contributed by atoms with Gasteiger partial charge >= 0.3 is 0 Å². The Hall–Kier alpha value is -2.73. The Balaban J connectivity index is 1.31. The normalized spacial score (nSPS) is 18.1. The van der Waals surface area contributed by atoms with Crippen LogP contribution in [0.2, 0.25) is 0 Å². The molecule has 0 unspecified atom stereocenters. The van der Waals surface area contributed by atoms with Crippen molar-refractivity contribution in [2.24, 2.45) is 0 Å². The highest BCUT2D eigenvalue weighted by Gasteiger charge is 2.23. The van der Waals surface area contributed by atoms with Gasteiger partial charge in [0.2, 0.25) is 5.91 Å². The summed E-state index contributed by atoms with van der Waals surface area (Å²) in [6.07, 6.45) is 3.33. The summed E-state index contributed by atoms with van der Waals surface area (Å²) < 4.78 is 0. The lowest BCUT2D eigenvalue weighted by molar-refractivity contribution is -0.117. The third-order valence-corrected chi connectivity index (χ3v) is 5.29. The minimum Gasteiger partial charge on any atom is -0.354 e. The first-order valence-corrected chi connectivity index (χ1v) is 9.53. The molecule has 0 radical (unpaired) electrons. The summed E-state index contributed by atoms with van der Waals surface area (Å²) in [5.74, 6) is 1.29. The lowest BCUT2D eigenvalue weighted by Gasteiger charge is -2.35. The second-order valence-electron chi connectivity index (χ2n) is 7.07. The van der Waals surface area contributed by atoms with Crippen molar-refractivity contribution in [2.75, 3.05) is 49.1 Å². The molecule has 0 saturated carbocycles. The molecule has 0 aliphatic carbocycles. The van der Waals surface area contributed by atoms with Crippen LogP contribution in [0.25, 0.3) is 0 Å². The maximum atomic E-state index is 12.6. The second kappa shape index (κ2) is 7.88. The molecule has 1 aromatic carbocycles. The number of hydrogen-bond donors (Lipinski definition) is 0. The highest BCUT2D eigenvalue weighted by molar-refractivity contribution is 5.99. The highest BCUT2D eigenvalue weighted by atomic mass is 16.2. The highest BCUT2D eigenvalue weighted by Crippen LogP contribution is 2.22. The zero-order valence-corrected chi connectivity index (χ0v) is 15.4. The lowest BCUT2D eigenvalue weighted by Crippen LogP contribution is -2.48. The number of carbonyl (C=O) groups is 2. The molecule has 2 aliphatic heterocycles. The molecule has 1 amide bonds. The number of piperazine rings is 1. The Morgan fingerprint density at radius 3 is 2.37 bits per heavy atom. The Morgan fingerprint density at radius 1 is 0.963 bits per heavy atom. The van der Waals surface area contributed by atoms with Crippen molar-refractivity contribution in [3.8, 4) is 0 Å². The van der Waals surface area contributed by atoms with E-state index in [1.54, 1.807) is 4.90 Å². The van der Waals surface area contributed by atoms with Crippen molar-refractivity contribution >= 4 is 23.2 Å². The second-order valence-corrected chi connectivity index (χ2v) is 7.07. The number of rotatable bonds is 5. The standard InChI is InChI=1S/C21H24N4O2/c26-19(17-6-8-18(9-7-17)25-11-3-5-21(25)27)16-23-12-14-24(15-13-23)20-4-1-2-10-22-20/h1-2,4,6-10H,3,5,11-16H2. The van der Waals surface area contributed by atoms with Gasteiger partial charge in [0.1, 0.15) is 5.82 Å². The van der Waals surface area contributed by atoms with Crippen molar-refractivity contribution in [1.82, 2.24) is 9.88 Å². The first kappa shape index (κ1) is 17.7. The predicted molar refractivity (Wildman–Crippen MR) is 105 cm³/mol. The van der Waals surface area contributed by atoms with E-state index in [9.17, 15) is 9.59 Å². The van der Waals surface area contributed by atoms with Crippen molar-refractivity contribution in [3.63, 3.8) is 0 Å². The maximum Gasteiger partial charge on any atom is 0.227 e. The number of anilines is 2. The SMILES string of the molecule is O=C(CN1CCN(c2ccccn2)CC1)c1ccc(N2CCCC2=O)cc1. The van der Waals surface area contributed by atoms with Crippen LogP contribution in [-0.2, 0) is 4.79 Å². The number of pyridine rings is 1. The summed E-state index contributed by atoms with van der Waals surface area (Å²) in [4.78, 5) is 35.1. The molecule has 0 N–H and O–H groups in total. The molecule has 27 heavy (non-hydrogen) atoms. The van der Waals surface area contributed by atoms with Gasteiger partial charge < -0.3 is 9.80 Å². The van der Waals surface area contributed by atoms with Gasteiger partial charge in [-0.05, 0) is 42.8 Å². The van der Waals surface area contributed by atoms with Crippen LogP contribution in [0, 0.1) is 0 Å². The van der Waals surface area contributed by atoms with Crippen molar-refractivity contribution in [3.05, 3.63) is 54.2 Å². The third-order valence-electron chi connectivity index (χ3n) is 5.29. The van der Waals surface area contributed by atoms with Gasteiger partial charge in [0.25, 0.3) is 0 Å². The summed E-state index contributed by atoms with van der Waals surface area (Å²) in [5, 5.41) is 0. The molecule has 2 fully saturated rings. The van der Waals surface area contributed by atoms with Gasteiger partial charge in [-0.15, -0.1) is 0 Å². The number of ketones is 1. The van der Waals surface area contributed by atoms with E-state index in [1.807, 2.05) is 48.7 Å². The molecule has 2 aromatic rings. The number of nitrogens with zero attached hydrogens (tertiary/aromatic N) is 4. The molecule has 6 nitrogen and oxygen atoms in total. The quantitative estimate of drug-likeness (QED) is 0.762. The molecule has 6 heteroatoms. The van der Waals surface area contributed by atoms with E-state index in [-0.39, 0.29) is 11.7 Å². The van der Waals surface area contributed by atoms with Crippen LogP contribution in [0.5, 0.6) is 0 Å². The average Bonchev–Trinajstić information content (AvgIpc) is 3.15. The van der Waals surface area contributed by atoms with Gasteiger partial charge in [-0.2, -0.15) is 0 Å². The Labute approximate surface area is 159 Å². The number of benzene rings is 1. The molecule has 3 heterocycles. The maximum absolute atomic E-state index is 12.6. The topological polar surface area (TPSA) is 56.8 Å². The van der Waals surface area contributed by atoms with Gasteiger partial charge in [0.05, 0.1) is 6.54 Å². The molecule has 0 atom stereocenters. The molecular weight excluding hydrogens is 340 g/mol. The number of amides is 1. The van der Waals surface area contributed by atoms with Crippen molar-refractivity contribution in [1.29, 1.82) is 0 Å². The molecule has 4 rings (SSSR count). The summed E-state index contributed by atoms with van der Waals surface area (Å²) in [5.41, 5.74) is 1.59. The summed E-state index contributed by atoms with van der Waals surface area (Å²) >= 11 is 0. The summed E-state index contributed by atoms with van der Waals surface area (Å²) in [6.45, 7) is 4.65. The van der Waals surface area contributed by atoms with Gasteiger partial charge in [-0.3, -0.25) is 14.5 Å². The van der Waals surface area contributed by atoms with Crippen LogP contribution in [0.1, 0.15) is 23.2 Å². The monoisotopic (exact) mass is 364 g/mol. The smallest absolute Gasteiger partial charge is 0.227 e. The van der Waals surface area contributed by atoms with Gasteiger partial charge in [0, 0.05) is 56.6 Å². The van der Waals surface area contributed by atoms with Crippen LogP contribution in [0.4, 0.5) is 11.5 Å². The Bertz CT molecular complexity index is 799. The zero-order chi connectivity index (χ0) is 18.6. The average molecular weight is 364 g/mol. The molecule has 0 bridgehead atoms. The molecule has 2 aliphatic rings. The van der Waals surface area contributed by atoms with Crippen LogP contribution >= 0.6 is 0 Å². The van der Waals surface area contributed by atoms with Gasteiger partial charge in [-0.25, -0.2) is 4.98 Å². The van der Waals surface area contributed by atoms with Crippen LogP contribution in [0.15, 0.2) is 48.7 Å². The molecule has 2 saturated heterocycles. The fraction of sp³-hybridized carbons (Fsp3) is 0.381. The van der Waals surface area contributed by atoms with Crippen molar-refractivity contribution < 1.29 is 9.59 Å². The largest absolute Gasteiger partial charge is 0.354 e. The fourth-order valence-electron chi connectivity index (χ4n) is 3.72. The fourth-order valence-corrected chi connectivity index (χ4v) is 3.72. The van der Waals surface area contributed by atoms with E-state index < -0.39 is 0 Å². The summed E-state index contributed by atoms with van der Waals surface area (Å²) in [7, 11) is 0. The van der Waals surface area contributed by atoms with Crippen molar-refractivity contribution in [2.45, 2.75) is 12.8 Å². The van der Waals surface area contributed by atoms with E-state index in [0.717, 1.165) is 50.6 Å². The Morgan fingerprint density at radius 2 is 1.74 bits per heavy atom. The van der Waals surface area contributed by atoms with E-state index in [2.05, 4.69) is 14.8 Å². The lowest BCUT2D eigenvalue weighted by atomic mass is 10.1. The number of carbonyl (C=O) groups excluding carboxylic acids is 2. The van der Waals surface area contributed by atoms with Crippen LogP contribution < -0.4 is 9.80 Å². The predicted octanol–water partition coefficient (Wildman–Crippen LogP) is 2.21. The van der Waals surface area contributed by atoms with Gasteiger partial charge in [-0.1, -0.05) is 6.07 Å². The van der Waals surface area contributed by atoms with E-state index in [4.69, 9.17) is 0 Å². The van der Waals surface area contributed by atoms with E-state index in [1.165, 1.54) is 0 Å². The minimum atomic E-state index is 0.126. The van der Waals surface area contributed by atoms with Crippen LogP contribution in [-0.4, -0.2) is 60.8 Å². The van der Waals surface area contributed by atoms with E-state index in [0.29, 0.717) is 18.5 Å². The summed E-state index contributed by atoms with van der Waals surface area (Å²) in [6, 6.07) is 13.4. The molecular formula is C21H24N4O2. The number of aromatic nitrogens is 1. The third kappa shape index (κ3) is 4.01. The zero-order valence-electron chi connectivity index (χ0n) is 15.4. The first-order chi connectivity index (χ1) is 13.2. The first-order valence-electron chi connectivity index (χ1n) is 9.53. The minimum absolute atomic E-state index is 0.126. The molecule has 140 valence electrons.